The van der Waals surface area contributed by atoms with Gasteiger partial charge < -0.3 is 19.8 Å². The van der Waals surface area contributed by atoms with Gasteiger partial charge in [-0.3, -0.25) is 19.6 Å². The molecule has 224 valence electrons. The number of nitriles is 1. The fourth-order valence-corrected chi connectivity index (χ4v) is 6.04. The molecular formula is C31H49BN6O3. The van der Waals surface area contributed by atoms with Crippen molar-refractivity contribution >= 4 is 18.9 Å². The first-order valence-corrected chi connectivity index (χ1v) is 15.1. The molecule has 41 heavy (non-hydrogen) atoms. The minimum absolute atomic E-state index is 0.00252. The maximum Gasteiger partial charge on any atom is 0.348 e. The first-order chi connectivity index (χ1) is 19.9. The van der Waals surface area contributed by atoms with Crippen molar-refractivity contribution in [1.29, 1.82) is 5.26 Å². The molecule has 2 heterocycles. The third-order valence-corrected chi connectivity index (χ3v) is 8.80. The van der Waals surface area contributed by atoms with E-state index >= 15 is 0 Å². The highest BCUT2D eigenvalue weighted by atomic mass is 16.5. The molecule has 0 spiro atoms. The van der Waals surface area contributed by atoms with Crippen LogP contribution in [-0.4, -0.2) is 99.8 Å². The molecule has 1 amide bonds. The van der Waals surface area contributed by atoms with E-state index in [1.165, 1.54) is 0 Å². The first kappa shape index (κ1) is 32.6. The van der Waals surface area contributed by atoms with Crippen molar-refractivity contribution in [3.8, 4) is 6.07 Å². The Kier molecular flexibility index (Phi) is 13.2. The summed E-state index contributed by atoms with van der Waals surface area (Å²) in [5.41, 5.74) is 0.798. The normalized spacial score (nSPS) is 26.4. The molecule has 0 aromatic rings. The van der Waals surface area contributed by atoms with Gasteiger partial charge in [-0.15, -0.1) is 0 Å². The summed E-state index contributed by atoms with van der Waals surface area (Å²) in [5.74, 6) is 0.923. The van der Waals surface area contributed by atoms with Crippen LogP contribution in [0.5, 0.6) is 0 Å². The van der Waals surface area contributed by atoms with Crippen molar-refractivity contribution in [2.75, 3.05) is 54.1 Å². The molecule has 2 aliphatic heterocycles. The van der Waals surface area contributed by atoms with Crippen LogP contribution in [0.3, 0.4) is 0 Å². The predicted octanol–water partition coefficient (Wildman–Crippen LogP) is 4.63. The molecule has 2 fully saturated rings. The Hall–Kier alpha value is -2.87. The predicted molar refractivity (Wildman–Crippen MR) is 166 cm³/mol. The number of carbonyl (C=O) groups is 1. The first-order valence-electron chi connectivity index (χ1n) is 15.1. The van der Waals surface area contributed by atoms with E-state index in [2.05, 4.69) is 57.5 Å². The fraction of sp³-hybridized carbons (Fsp3) is 0.645. The van der Waals surface area contributed by atoms with E-state index in [-0.39, 0.29) is 24.1 Å². The van der Waals surface area contributed by atoms with Gasteiger partial charge in [0.25, 0.3) is 0 Å². The number of carbonyl (C=O) groups excluding carboxylic acids is 1. The number of rotatable bonds is 8. The van der Waals surface area contributed by atoms with Gasteiger partial charge in [-0.05, 0) is 64.3 Å². The average Bonchev–Trinajstić information content (AvgIpc) is 3.45. The zero-order valence-corrected chi connectivity index (χ0v) is 25.7. The van der Waals surface area contributed by atoms with Gasteiger partial charge in [0, 0.05) is 51.8 Å². The van der Waals surface area contributed by atoms with E-state index < -0.39 is 0 Å². The molecule has 4 rings (SSSR count). The molecule has 0 aromatic carbocycles. The Bertz CT molecular complexity index is 1030. The second kappa shape index (κ2) is 16.5. The Balaban J connectivity index is 0.000000226. The van der Waals surface area contributed by atoms with Gasteiger partial charge in [0.2, 0.25) is 0 Å². The highest BCUT2D eigenvalue weighted by molar-refractivity contribution is 6.86. The number of ether oxygens (including phenoxy) is 2. The summed E-state index contributed by atoms with van der Waals surface area (Å²) in [7, 11) is 5.25. The van der Waals surface area contributed by atoms with Gasteiger partial charge >= 0.3 is 6.85 Å². The third kappa shape index (κ3) is 8.81. The molecule has 2 aliphatic carbocycles. The van der Waals surface area contributed by atoms with Crippen LogP contribution in [-0.2, 0) is 9.47 Å². The van der Waals surface area contributed by atoms with Crippen molar-refractivity contribution in [3.63, 3.8) is 0 Å². The van der Waals surface area contributed by atoms with Crippen LogP contribution >= 0.6 is 0 Å². The fourth-order valence-electron chi connectivity index (χ4n) is 6.04. The Morgan fingerprint density at radius 3 is 2.63 bits per heavy atom. The topological polar surface area (TPSA) is 93.4 Å². The number of aliphatic imine (C=N–C) groups is 1. The van der Waals surface area contributed by atoms with E-state index in [0.29, 0.717) is 6.04 Å². The SMILES string of the molecule is CCN(C1=CC=C(OC)CC=C1)N(C)B(C)C(=O)NC.N#CC1(C2CC=CCC=N2)CCC(N2CCOCC2)CC1. The number of morpholine rings is 1. The summed E-state index contributed by atoms with van der Waals surface area (Å²) >= 11 is 0. The van der Waals surface area contributed by atoms with Crippen LogP contribution < -0.4 is 5.32 Å². The molecule has 0 radical (unpaired) electrons. The summed E-state index contributed by atoms with van der Waals surface area (Å²) in [6, 6.07) is 3.45. The minimum atomic E-state index is -0.242. The molecule has 10 heteroatoms. The van der Waals surface area contributed by atoms with Crippen LogP contribution in [0.15, 0.2) is 52.9 Å². The highest BCUT2D eigenvalue weighted by Crippen LogP contribution is 2.43. The van der Waals surface area contributed by atoms with Crippen LogP contribution in [0.2, 0.25) is 6.82 Å². The number of amides is 1. The summed E-state index contributed by atoms with van der Waals surface area (Å²) in [4.78, 5) is 21.0. The third-order valence-electron chi connectivity index (χ3n) is 8.80. The molecule has 1 atom stereocenters. The zero-order chi connectivity index (χ0) is 29.7. The second-order valence-corrected chi connectivity index (χ2v) is 11.1. The number of likely N-dealkylation sites (N-methyl/N-ethyl adjacent to an activating group) is 1. The monoisotopic (exact) mass is 564 g/mol. The van der Waals surface area contributed by atoms with E-state index in [4.69, 9.17) is 9.47 Å². The van der Waals surface area contributed by atoms with Crippen molar-refractivity contribution in [3.05, 3.63) is 47.9 Å². The van der Waals surface area contributed by atoms with Crippen molar-refractivity contribution in [2.45, 2.75) is 70.8 Å². The van der Waals surface area contributed by atoms with E-state index in [0.717, 1.165) is 89.2 Å². The number of hydrazine groups is 1. The van der Waals surface area contributed by atoms with Crippen LogP contribution in [0.25, 0.3) is 0 Å². The molecular weight excluding hydrogens is 515 g/mol. The smallest absolute Gasteiger partial charge is 0.348 e. The Morgan fingerprint density at radius 1 is 1.27 bits per heavy atom. The van der Waals surface area contributed by atoms with Crippen LogP contribution in [0.4, 0.5) is 4.79 Å². The Morgan fingerprint density at radius 2 is 2.00 bits per heavy atom. The van der Waals surface area contributed by atoms with Crippen molar-refractivity contribution in [2.24, 2.45) is 10.4 Å². The molecule has 1 unspecified atom stereocenters. The van der Waals surface area contributed by atoms with E-state index in [1.807, 2.05) is 37.2 Å². The van der Waals surface area contributed by atoms with Gasteiger partial charge in [0.15, 0.2) is 5.81 Å². The lowest BCUT2D eigenvalue weighted by atomic mass is 9.63. The summed E-state index contributed by atoms with van der Waals surface area (Å²) in [6.07, 6.45) is 21.3. The summed E-state index contributed by atoms with van der Waals surface area (Å²) in [5, 5.41) is 14.6. The highest BCUT2D eigenvalue weighted by Gasteiger charge is 2.43. The number of allylic oxidation sites excluding steroid dienone is 5. The number of nitrogens with zero attached hydrogens (tertiary/aromatic N) is 5. The van der Waals surface area contributed by atoms with E-state index in [9.17, 15) is 10.1 Å². The van der Waals surface area contributed by atoms with Gasteiger partial charge in [-0.2, -0.15) is 5.26 Å². The molecule has 9 nitrogen and oxygen atoms in total. The number of nitrogens with one attached hydrogen (secondary N) is 1. The van der Waals surface area contributed by atoms with Gasteiger partial charge in [0.1, 0.15) is 0 Å². The maximum atomic E-state index is 11.8. The van der Waals surface area contributed by atoms with Gasteiger partial charge in [-0.25, -0.2) is 0 Å². The summed E-state index contributed by atoms with van der Waals surface area (Å²) in [6.45, 7) is 8.32. The van der Waals surface area contributed by atoms with Crippen molar-refractivity contribution in [1.82, 2.24) is 20.1 Å². The Labute approximate surface area is 247 Å². The number of methoxy groups -OCH3 is 1. The van der Waals surface area contributed by atoms with E-state index in [1.54, 1.807) is 14.2 Å². The molecule has 1 N–H and O–H groups in total. The lowest BCUT2D eigenvalue weighted by Crippen LogP contribution is -2.53. The number of hydrogen-bond acceptors (Lipinski definition) is 8. The zero-order valence-electron chi connectivity index (χ0n) is 25.7. The average molecular weight is 565 g/mol. The molecule has 1 saturated heterocycles. The van der Waals surface area contributed by atoms with Crippen LogP contribution in [0.1, 0.15) is 51.9 Å². The standard InChI is InChI=1S/C17H25N3O.C14H24BN3O2/c18-14-17(16-4-2-1-3-9-19-16)7-5-15(6-8-17)20-10-12-21-13-11-20;1-6-18(17(4)15(2)14(19)16-3)12-8-7-9-13(20-5)11-10-12/h1-2,9,15-16H,3-8,10-13H2;7-8,10-11H,6,9H2,1-5H3,(H,16,19). The molecule has 0 aromatic heterocycles. The van der Waals surface area contributed by atoms with Crippen LogP contribution in [0, 0.1) is 16.7 Å². The quantitative estimate of drug-likeness (QED) is 0.261. The number of hydrogen-bond donors (Lipinski definition) is 1. The largest absolute Gasteiger partial charge is 0.501 e. The second-order valence-electron chi connectivity index (χ2n) is 11.1. The van der Waals surface area contributed by atoms with Gasteiger partial charge in [-0.1, -0.05) is 25.1 Å². The lowest BCUT2D eigenvalue weighted by molar-refractivity contribution is -0.000745. The maximum absolute atomic E-state index is 11.8. The molecule has 1 saturated carbocycles. The van der Waals surface area contributed by atoms with Crippen molar-refractivity contribution < 1.29 is 14.3 Å². The van der Waals surface area contributed by atoms with Gasteiger partial charge in [0.05, 0.1) is 49.3 Å². The molecule has 0 bridgehead atoms. The summed E-state index contributed by atoms with van der Waals surface area (Å²) < 4.78 is 10.7. The lowest BCUT2D eigenvalue weighted by Gasteiger charge is -2.43. The molecule has 4 aliphatic rings. The minimum Gasteiger partial charge on any atom is -0.501 e.